The molecule has 1 aliphatic heterocycles. The molecule has 1 amide bonds. The lowest BCUT2D eigenvalue weighted by atomic mass is 10.0. The van der Waals surface area contributed by atoms with Crippen LogP contribution in [0, 0.1) is 0 Å². The number of ether oxygens (including phenoxy) is 1. The van der Waals surface area contributed by atoms with E-state index in [-0.39, 0.29) is 5.91 Å². The van der Waals surface area contributed by atoms with E-state index in [1.807, 2.05) is 41.3 Å². The third-order valence-corrected chi connectivity index (χ3v) is 4.56. The molecule has 4 heteroatoms. The average Bonchev–Trinajstić information content (AvgIpc) is 3.00. The molecule has 0 unspecified atom stereocenters. The number of nitrogens with zero attached hydrogens (tertiary/aromatic N) is 1. The molecule has 24 heavy (non-hydrogen) atoms. The number of carbonyl (C=O) groups is 1. The smallest absolute Gasteiger partial charge is 0.226 e. The summed E-state index contributed by atoms with van der Waals surface area (Å²) in [4.78, 5) is 17.8. The van der Waals surface area contributed by atoms with Crippen molar-refractivity contribution in [1.82, 2.24) is 9.88 Å². The molecule has 1 aromatic heterocycles. The molecule has 0 saturated carbocycles. The summed E-state index contributed by atoms with van der Waals surface area (Å²) in [5.74, 6) is 0.956. The Morgan fingerprint density at radius 3 is 2.75 bits per heavy atom. The molecule has 1 N–H and O–H groups in total. The van der Waals surface area contributed by atoms with E-state index in [0.29, 0.717) is 19.6 Å². The van der Waals surface area contributed by atoms with Crippen molar-refractivity contribution in [2.45, 2.75) is 19.4 Å². The summed E-state index contributed by atoms with van der Waals surface area (Å²) in [7, 11) is 0. The number of carbonyl (C=O) groups excluding carboxylic acids is 1. The van der Waals surface area contributed by atoms with Gasteiger partial charge in [0.1, 0.15) is 5.75 Å². The molecule has 0 radical (unpaired) electrons. The first-order valence-corrected chi connectivity index (χ1v) is 8.35. The highest BCUT2D eigenvalue weighted by molar-refractivity contribution is 5.85. The van der Waals surface area contributed by atoms with Crippen LogP contribution in [0.3, 0.4) is 0 Å². The molecular formula is C20H20N2O2. The van der Waals surface area contributed by atoms with Crippen molar-refractivity contribution < 1.29 is 9.53 Å². The lowest BCUT2D eigenvalue weighted by Gasteiger charge is -2.27. The van der Waals surface area contributed by atoms with Crippen LogP contribution in [0.25, 0.3) is 10.9 Å². The van der Waals surface area contributed by atoms with Crippen LogP contribution in [0.4, 0.5) is 0 Å². The lowest BCUT2D eigenvalue weighted by molar-refractivity contribution is -0.132. The second-order valence-electron chi connectivity index (χ2n) is 6.10. The van der Waals surface area contributed by atoms with Gasteiger partial charge in [0.05, 0.1) is 19.6 Å². The summed E-state index contributed by atoms with van der Waals surface area (Å²) in [6.45, 7) is 1.85. The summed E-state index contributed by atoms with van der Waals surface area (Å²) in [6, 6.07) is 18.0. The average molecular weight is 320 g/mol. The Bertz CT molecular complexity index is 854. The van der Waals surface area contributed by atoms with Gasteiger partial charge in [-0.3, -0.25) is 4.79 Å². The largest absolute Gasteiger partial charge is 0.493 e. The number of benzene rings is 2. The Morgan fingerprint density at radius 1 is 1.08 bits per heavy atom. The SMILES string of the molecule is O=C(CCOc1ccccc1)N1CCc2c([nH]c3ccccc23)C1. The van der Waals surface area contributed by atoms with Crippen LogP contribution in [0.5, 0.6) is 5.75 Å². The van der Waals surface area contributed by atoms with Gasteiger partial charge in [-0.1, -0.05) is 36.4 Å². The van der Waals surface area contributed by atoms with Crippen molar-refractivity contribution in [2.24, 2.45) is 0 Å². The molecule has 4 nitrogen and oxygen atoms in total. The van der Waals surface area contributed by atoms with Crippen LogP contribution in [0.2, 0.25) is 0 Å². The Kier molecular flexibility index (Phi) is 3.95. The van der Waals surface area contributed by atoms with Gasteiger partial charge in [-0.15, -0.1) is 0 Å². The molecule has 0 fully saturated rings. The first kappa shape index (κ1) is 14.8. The Balaban J connectivity index is 1.38. The summed E-state index contributed by atoms with van der Waals surface area (Å²) < 4.78 is 5.63. The van der Waals surface area contributed by atoms with Crippen LogP contribution in [-0.2, 0) is 17.8 Å². The number of nitrogens with one attached hydrogen (secondary N) is 1. The van der Waals surface area contributed by atoms with Crippen LogP contribution in [0.15, 0.2) is 54.6 Å². The van der Waals surface area contributed by atoms with Crippen molar-refractivity contribution >= 4 is 16.8 Å². The number of H-pyrrole nitrogens is 1. The van der Waals surface area contributed by atoms with Gasteiger partial charge >= 0.3 is 0 Å². The van der Waals surface area contributed by atoms with Gasteiger partial charge in [-0.2, -0.15) is 0 Å². The fraction of sp³-hybridized carbons (Fsp3) is 0.250. The van der Waals surface area contributed by atoms with Gasteiger partial charge in [0.25, 0.3) is 0 Å². The minimum absolute atomic E-state index is 0.148. The van der Waals surface area contributed by atoms with E-state index in [1.54, 1.807) is 0 Å². The van der Waals surface area contributed by atoms with E-state index in [0.717, 1.165) is 24.2 Å². The molecule has 0 aliphatic carbocycles. The number of hydrogen-bond acceptors (Lipinski definition) is 2. The predicted molar refractivity (Wildman–Crippen MR) is 94.0 cm³/mol. The van der Waals surface area contributed by atoms with Crippen LogP contribution >= 0.6 is 0 Å². The topological polar surface area (TPSA) is 45.3 Å². The van der Waals surface area contributed by atoms with Gasteiger partial charge in [0.15, 0.2) is 0 Å². The number of rotatable bonds is 4. The second-order valence-corrected chi connectivity index (χ2v) is 6.10. The summed E-state index contributed by atoms with van der Waals surface area (Å²) in [6.07, 6.45) is 1.31. The van der Waals surface area contributed by atoms with E-state index in [9.17, 15) is 4.79 Å². The van der Waals surface area contributed by atoms with E-state index in [4.69, 9.17) is 4.74 Å². The zero-order valence-electron chi connectivity index (χ0n) is 13.5. The number of hydrogen-bond donors (Lipinski definition) is 1. The monoisotopic (exact) mass is 320 g/mol. The maximum atomic E-state index is 12.4. The maximum absolute atomic E-state index is 12.4. The minimum atomic E-state index is 0.148. The molecule has 0 bridgehead atoms. The Morgan fingerprint density at radius 2 is 1.88 bits per heavy atom. The quantitative estimate of drug-likeness (QED) is 0.799. The summed E-state index contributed by atoms with van der Waals surface area (Å²) >= 11 is 0. The fourth-order valence-electron chi connectivity index (χ4n) is 3.34. The number of aromatic nitrogens is 1. The molecule has 2 aromatic carbocycles. The Labute approximate surface area is 141 Å². The minimum Gasteiger partial charge on any atom is -0.493 e. The van der Waals surface area contributed by atoms with E-state index >= 15 is 0 Å². The van der Waals surface area contributed by atoms with E-state index < -0.39 is 0 Å². The van der Waals surface area contributed by atoms with Crippen molar-refractivity contribution in [2.75, 3.05) is 13.2 Å². The normalized spacial score (nSPS) is 13.8. The Hall–Kier alpha value is -2.75. The predicted octanol–water partition coefficient (Wildman–Crippen LogP) is 3.52. The third kappa shape index (κ3) is 2.87. The maximum Gasteiger partial charge on any atom is 0.226 e. The van der Waals surface area contributed by atoms with Crippen molar-refractivity contribution in [3.05, 3.63) is 65.9 Å². The molecule has 0 spiro atoms. The van der Waals surface area contributed by atoms with E-state index in [2.05, 4.69) is 23.2 Å². The molecular weight excluding hydrogens is 300 g/mol. The van der Waals surface area contributed by atoms with Crippen molar-refractivity contribution in [1.29, 1.82) is 0 Å². The molecule has 2 heterocycles. The van der Waals surface area contributed by atoms with Gasteiger partial charge in [-0.25, -0.2) is 0 Å². The first-order valence-electron chi connectivity index (χ1n) is 8.35. The molecule has 3 aromatic rings. The summed E-state index contributed by atoms with van der Waals surface area (Å²) in [5, 5.41) is 1.28. The van der Waals surface area contributed by atoms with Crippen molar-refractivity contribution in [3.63, 3.8) is 0 Å². The van der Waals surface area contributed by atoms with Gasteiger partial charge in [-0.05, 0) is 30.2 Å². The van der Waals surface area contributed by atoms with Crippen LogP contribution in [-0.4, -0.2) is 28.9 Å². The fourth-order valence-corrected chi connectivity index (χ4v) is 3.34. The number of fused-ring (bicyclic) bond motifs is 3. The highest BCUT2D eigenvalue weighted by atomic mass is 16.5. The molecule has 4 rings (SSSR count). The van der Waals surface area contributed by atoms with Crippen LogP contribution < -0.4 is 4.74 Å². The second kappa shape index (κ2) is 6.40. The third-order valence-electron chi connectivity index (χ3n) is 4.56. The highest BCUT2D eigenvalue weighted by Gasteiger charge is 2.23. The van der Waals surface area contributed by atoms with Gasteiger partial charge < -0.3 is 14.6 Å². The zero-order chi connectivity index (χ0) is 16.4. The molecule has 0 saturated heterocycles. The number of aromatic amines is 1. The highest BCUT2D eigenvalue weighted by Crippen LogP contribution is 2.27. The summed E-state index contributed by atoms with van der Waals surface area (Å²) in [5.41, 5.74) is 3.68. The lowest BCUT2D eigenvalue weighted by Crippen LogP contribution is -2.36. The zero-order valence-corrected chi connectivity index (χ0v) is 13.5. The molecule has 0 atom stereocenters. The number of amides is 1. The molecule has 122 valence electrons. The molecule has 1 aliphatic rings. The van der Waals surface area contributed by atoms with Crippen LogP contribution in [0.1, 0.15) is 17.7 Å². The van der Waals surface area contributed by atoms with E-state index in [1.165, 1.54) is 16.6 Å². The van der Waals surface area contributed by atoms with Gasteiger partial charge in [0.2, 0.25) is 5.91 Å². The van der Waals surface area contributed by atoms with Crippen molar-refractivity contribution in [3.8, 4) is 5.75 Å². The first-order chi connectivity index (χ1) is 11.8. The standard InChI is InChI=1S/C20H20N2O2/c23-20(11-13-24-15-6-2-1-3-7-15)22-12-10-17-16-8-4-5-9-18(16)21-19(17)14-22/h1-9,21H,10-14H2. The number of para-hydroxylation sites is 2. The van der Waals surface area contributed by atoms with Gasteiger partial charge in [0, 0.05) is 23.1 Å².